The van der Waals surface area contributed by atoms with Crippen LogP contribution in [0, 0.1) is 5.82 Å². The Labute approximate surface area is 206 Å². The fraction of sp³-hybridized carbons (Fsp3) is 0.400. The zero-order chi connectivity index (χ0) is 21.5. The number of H-pyrrole nitrogens is 1. The summed E-state index contributed by atoms with van der Waals surface area (Å²) >= 11 is 0. The summed E-state index contributed by atoms with van der Waals surface area (Å²) in [6.45, 7) is 5.71. The molecule has 0 bridgehead atoms. The number of rotatable bonds is 7. The minimum absolute atomic E-state index is 0. The Kier molecular flexibility index (Phi) is 8.92. The van der Waals surface area contributed by atoms with Crippen LogP contribution in [0.4, 0.5) is 4.39 Å². The molecule has 1 saturated heterocycles. The molecule has 4 rings (SSSR count). The maximum absolute atomic E-state index is 13.5. The summed E-state index contributed by atoms with van der Waals surface area (Å²) in [5, 5.41) is 8.10. The molecule has 1 fully saturated rings. The Morgan fingerprint density at radius 1 is 1.09 bits per heavy atom. The van der Waals surface area contributed by atoms with Gasteiger partial charge in [-0.2, -0.15) is 0 Å². The van der Waals surface area contributed by atoms with Crippen LogP contribution in [-0.4, -0.2) is 43.8 Å². The Morgan fingerprint density at radius 2 is 1.84 bits per heavy atom. The second kappa shape index (κ2) is 11.7. The van der Waals surface area contributed by atoms with Crippen LogP contribution in [0.1, 0.15) is 30.9 Å². The quantitative estimate of drug-likeness (QED) is 0.226. The van der Waals surface area contributed by atoms with E-state index in [4.69, 9.17) is 9.73 Å². The largest absolute Gasteiger partial charge is 0.381 e. The lowest BCUT2D eigenvalue weighted by Crippen LogP contribution is -2.41. The predicted octanol–water partition coefficient (Wildman–Crippen LogP) is 4.77. The van der Waals surface area contributed by atoms with Gasteiger partial charge in [-0.05, 0) is 55.5 Å². The van der Waals surface area contributed by atoms with Crippen LogP contribution in [0.25, 0.3) is 10.9 Å². The molecule has 0 spiro atoms. The van der Waals surface area contributed by atoms with Gasteiger partial charge in [0.05, 0.1) is 6.54 Å². The fourth-order valence-electron chi connectivity index (χ4n) is 4.33. The Hall–Kier alpha value is -2.13. The maximum atomic E-state index is 13.5. The van der Waals surface area contributed by atoms with Crippen molar-refractivity contribution in [3.05, 3.63) is 71.7 Å². The number of hydrogen-bond acceptors (Lipinski definition) is 2. The van der Waals surface area contributed by atoms with Crippen molar-refractivity contribution in [2.45, 2.75) is 31.6 Å². The summed E-state index contributed by atoms with van der Waals surface area (Å²) in [7, 11) is 0. The Balaban J connectivity index is 0.00000289. The third kappa shape index (κ3) is 5.81. The molecule has 5 nitrogen and oxygen atoms in total. The lowest BCUT2D eigenvalue weighted by Gasteiger charge is -2.36. The molecule has 1 aliphatic rings. The number of hydrogen-bond donors (Lipinski definition) is 3. The van der Waals surface area contributed by atoms with Crippen LogP contribution < -0.4 is 10.6 Å². The maximum Gasteiger partial charge on any atom is 0.191 e. The van der Waals surface area contributed by atoms with Crippen LogP contribution in [-0.2, 0) is 16.6 Å². The molecule has 0 radical (unpaired) electrons. The standard InChI is InChI=1S/C25H31FN4O.HI/c1-2-27-24(28-14-11-19-17-29-23-6-4-3-5-22(19)23)30-18-25(12-15-31-16-13-25)20-7-9-21(26)10-8-20;/h3-10,17,29H,2,11-16,18H2,1H3,(H2,27,28,30);1H. The number of benzene rings is 2. The highest BCUT2D eigenvalue weighted by Gasteiger charge is 2.34. The molecule has 1 aromatic heterocycles. The lowest BCUT2D eigenvalue weighted by molar-refractivity contribution is 0.0531. The van der Waals surface area contributed by atoms with Gasteiger partial charge in [0.2, 0.25) is 0 Å². The number of para-hydroxylation sites is 1. The normalized spacial score (nSPS) is 15.9. The third-order valence-corrected chi connectivity index (χ3v) is 6.15. The molecule has 2 heterocycles. The first kappa shape index (κ1) is 24.5. The molecule has 2 aromatic carbocycles. The van der Waals surface area contributed by atoms with E-state index in [1.54, 1.807) is 12.1 Å². The molecule has 0 aliphatic carbocycles. The van der Waals surface area contributed by atoms with Crippen molar-refractivity contribution < 1.29 is 9.13 Å². The van der Waals surface area contributed by atoms with Gasteiger partial charge in [0.1, 0.15) is 5.82 Å². The highest BCUT2D eigenvalue weighted by molar-refractivity contribution is 14.0. The van der Waals surface area contributed by atoms with E-state index in [0.717, 1.165) is 43.9 Å². The van der Waals surface area contributed by atoms with Gasteiger partial charge in [-0.1, -0.05) is 30.3 Å². The van der Waals surface area contributed by atoms with E-state index in [1.807, 2.05) is 18.2 Å². The number of aromatic nitrogens is 1. The number of fused-ring (bicyclic) bond motifs is 1. The van der Waals surface area contributed by atoms with Gasteiger partial charge < -0.3 is 20.4 Å². The van der Waals surface area contributed by atoms with Gasteiger partial charge in [-0.3, -0.25) is 4.99 Å². The van der Waals surface area contributed by atoms with E-state index in [2.05, 4.69) is 46.9 Å². The lowest BCUT2D eigenvalue weighted by atomic mass is 9.74. The minimum atomic E-state index is -0.207. The van der Waals surface area contributed by atoms with E-state index < -0.39 is 0 Å². The van der Waals surface area contributed by atoms with E-state index in [0.29, 0.717) is 19.8 Å². The summed E-state index contributed by atoms with van der Waals surface area (Å²) in [5.74, 6) is 0.608. The first-order valence-electron chi connectivity index (χ1n) is 11.1. The SMILES string of the molecule is CCNC(=NCC1(c2ccc(F)cc2)CCOCC1)NCCc1c[nH]c2ccccc12.I. The monoisotopic (exact) mass is 550 g/mol. The molecular formula is C25H32FIN4O. The molecule has 7 heteroatoms. The zero-order valence-corrected chi connectivity index (χ0v) is 20.8. The second-order valence-corrected chi connectivity index (χ2v) is 8.13. The Bertz CT molecular complexity index is 1010. The first-order chi connectivity index (χ1) is 15.2. The number of aromatic amines is 1. The predicted molar refractivity (Wildman–Crippen MR) is 140 cm³/mol. The summed E-state index contributed by atoms with van der Waals surface area (Å²) in [6, 6.07) is 15.2. The van der Waals surface area contributed by atoms with Crippen molar-refractivity contribution in [2.24, 2.45) is 4.99 Å². The fourth-order valence-corrected chi connectivity index (χ4v) is 4.33. The van der Waals surface area contributed by atoms with Gasteiger partial charge in [-0.25, -0.2) is 4.39 Å². The third-order valence-electron chi connectivity index (χ3n) is 6.15. The molecular weight excluding hydrogens is 518 g/mol. The van der Waals surface area contributed by atoms with Crippen molar-refractivity contribution in [3.63, 3.8) is 0 Å². The number of nitrogens with zero attached hydrogens (tertiary/aromatic N) is 1. The molecule has 32 heavy (non-hydrogen) atoms. The van der Waals surface area contributed by atoms with Gasteiger partial charge in [-0.15, -0.1) is 24.0 Å². The average molecular weight is 550 g/mol. The summed E-state index contributed by atoms with van der Waals surface area (Å²) < 4.78 is 19.1. The van der Waals surface area contributed by atoms with Crippen molar-refractivity contribution in [1.82, 2.24) is 15.6 Å². The number of halogens is 2. The van der Waals surface area contributed by atoms with Crippen LogP contribution in [0.2, 0.25) is 0 Å². The highest BCUT2D eigenvalue weighted by atomic mass is 127. The number of nitrogens with one attached hydrogen (secondary N) is 3. The van der Waals surface area contributed by atoms with Crippen LogP contribution in [0.15, 0.2) is 59.7 Å². The second-order valence-electron chi connectivity index (χ2n) is 8.13. The highest BCUT2D eigenvalue weighted by Crippen LogP contribution is 2.35. The molecule has 0 unspecified atom stereocenters. The van der Waals surface area contributed by atoms with Crippen molar-refractivity contribution in [2.75, 3.05) is 32.8 Å². The minimum Gasteiger partial charge on any atom is -0.381 e. The van der Waals surface area contributed by atoms with Crippen LogP contribution in [0.5, 0.6) is 0 Å². The molecule has 3 N–H and O–H groups in total. The topological polar surface area (TPSA) is 61.4 Å². The van der Waals surface area contributed by atoms with E-state index in [9.17, 15) is 4.39 Å². The van der Waals surface area contributed by atoms with Crippen LogP contribution in [0.3, 0.4) is 0 Å². The summed E-state index contributed by atoms with van der Waals surface area (Å²) in [4.78, 5) is 8.26. The molecule has 3 aromatic rings. The first-order valence-corrected chi connectivity index (χ1v) is 11.1. The van der Waals surface area contributed by atoms with Crippen LogP contribution >= 0.6 is 24.0 Å². The average Bonchev–Trinajstić information content (AvgIpc) is 3.22. The van der Waals surface area contributed by atoms with Crippen molar-refractivity contribution >= 4 is 40.8 Å². The molecule has 172 valence electrons. The number of guanidine groups is 1. The van der Waals surface area contributed by atoms with E-state index in [-0.39, 0.29) is 35.2 Å². The van der Waals surface area contributed by atoms with Gasteiger partial charge in [0.15, 0.2) is 5.96 Å². The Morgan fingerprint density at radius 3 is 2.59 bits per heavy atom. The molecule has 0 atom stereocenters. The molecule has 0 saturated carbocycles. The number of ether oxygens (including phenoxy) is 1. The molecule has 1 aliphatic heterocycles. The van der Waals surface area contributed by atoms with Crippen molar-refractivity contribution in [1.29, 1.82) is 0 Å². The van der Waals surface area contributed by atoms with Crippen molar-refractivity contribution in [3.8, 4) is 0 Å². The summed E-state index contributed by atoms with van der Waals surface area (Å²) in [6.07, 6.45) is 4.76. The zero-order valence-electron chi connectivity index (χ0n) is 18.5. The van der Waals surface area contributed by atoms with Gasteiger partial charge in [0, 0.05) is 48.8 Å². The van der Waals surface area contributed by atoms with E-state index >= 15 is 0 Å². The van der Waals surface area contributed by atoms with Gasteiger partial charge >= 0.3 is 0 Å². The number of aliphatic imine (C=N–C) groups is 1. The smallest absolute Gasteiger partial charge is 0.191 e. The summed E-state index contributed by atoms with van der Waals surface area (Å²) in [5.41, 5.74) is 3.48. The van der Waals surface area contributed by atoms with Gasteiger partial charge in [0.25, 0.3) is 0 Å². The molecule has 0 amide bonds. The van der Waals surface area contributed by atoms with E-state index in [1.165, 1.54) is 16.5 Å².